The van der Waals surface area contributed by atoms with Gasteiger partial charge in [-0.05, 0) is 78.1 Å². The summed E-state index contributed by atoms with van der Waals surface area (Å²) in [6, 6.07) is -25.5. The molecule has 38 heavy (non-hydrogen) atoms. The molecule has 0 aliphatic carbocycles. The Balaban J connectivity index is 1.91. The molecule has 0 atom stereocenters. The molecule has 7 rings (SSSR count). The van der Waals surface area contributed by atoms with Gasteiger partial charge in [0.1, 0.15) is 0 Å². The molecule has 0 nitrogen and oxygen atoms in total. The molecule has 7 aromatic carbocycles. The first-order chi connectivity index (χ1) is 29.7. The largest absolute Gasteiger partial charge is 0.0636 e. The van der Waals surface area contributed by atoms with Gasteiger partial charge in [-0.3, -0.25) is 0 Å². The van der Waals surface area contributed by atoms with Crippen molar-refractivity contribution in [2.24, 2.45) is 0 Å². The summed E-state index contributed by atoms with van der Waals surface area (Å²) in [5.41, 5.74) is -6.54. The average Bonchev–Trinajstić information content (AvgIpc) is 3.26. The molecular formula is C38H26. The maximum Gasteiger partial charge on any atom is 0.0636 e. The number of hydrogen-bond acceptors (Lipinski definition) is 0. The fourth-order valence-corrected chi connectivity index (χ4v) is 4.06. The molecule has 0 amide bonds. The zero-order chi connectivity index (χ0) is 47.9. The van der Waals surface area contributed by atoms with Crippen molar-refractivity contribution in [2.45, 2.75) is 0 Å². The van der Waals surface area contributed by atoms with E-state index in [1.54, 1.807) is 0 Å². The summed E-state index contributed by atoms with van der Waals surface area (Å²) in [4.78, 5) is 0. The first kappa shape index (κ1) is 8.03. The molecule has 0 saturated heterocycles. The number of fused-ring (bicyclic) bond motifs is 2. The van der Waals surface area contributed by atoms with Crippen molar-refractivity contribution < 1.29 is 35.6 Å². The predicted octanol–water partition coefficient (Wildman–Crippen LogP) is 10.7. The van der Waals surface area contributed by atoms with Crippen molar-refractivity contribution in [3.63, 3.8) is 0 Å². The Morgan fingerprint density at radius 2 is 0.658 bits per heavy atom. The van der Waals surface area contributed by atoms with Crippen LogP contribution in [-0.4, -0.2) is 0 Å². The molecular weight excluding hydrogens is 456 g/mol. The molecule has 0 radical (unpaired) electrons. The summed E-state index contributed by atoms with van der Waals surface area (Å²) in [6.45, 7) is 0. The summed E-state index contributed by atoms with van der Waals surface area (Å²) in [6.07, 6.45) is 0. The highest BCUT2D eigenvalue weighted by Crippen LogP contribution is 2.44. The van der Waals surface area contributed by atoms with Gasteiger partial charge in [0.05, 0.1) is 35.6 Å². The van der Waals surface area contributed by atoms with E-state index >= 15 is 0 Å². The summed E-state index contributed by atoms with van der Waals surface area (Å²) in [5.74, 6) is 0. The van der Waals surface area contributed by atoms with Gasteiger partial charge in [0.2, 0.25) is 0 Å². The van der Waals surface area contributed by atoms with Gasteiger partial charge in [-0.2, -0.15) is 0 Å². The molecule has 0 heteroatoms. The molecule has 0 aliphatic heterocycles. The lowest BCUT2D eigenvalue weighted by molar-refractivity contribution is 1.60. The second kappa shape index (κ2) is 9.50. The highest BCUT2D eigenvalue weighted by atomic mass is 14.2. The van der Waals surface area contributed by atoms with E-state index in [2.05, 4.69) is 0 Å². The van der Waals surface area contributed by atoms with Crippen molar-refractivity contribution >= 4 is 21.5 Å². The standard InChI is InChI=1S/C38H26/c1-4-13-27(14-5-1)30-19-12-20-31(25-30)32-23-24-35-36(26-32)38(29-17-8-3-9-18-29)34-22-11-10-21-33(34)37(35)28-15-6-2-7-16-28/h1-26H/i1D,2D,3D,4D,5D,6D,7D,8D,9D,10D,11D,12D,13D,14D,15D,16D,17D,18D,19D,20D,21D,22D,23D,24D,25D,26D. The van der Waals surface area contributed by atoms with Crippen LogP contribution in [0.2, 0.25) is 0 Å². The number of rotatable bonds is 4. The van der Waals surface area contributed by atoms with Gasteiger partial charge < -0.3 is 0 Å². The van der Waals surface area contributed by atoms with Crippen LogP contribution in [-0.2, 0) is 0 Å². The maximum atomic E-state index is 9.87. The van der Waals surface area contributed by atoms with Crippen LogP contribution in [0.25, 0.3) is 66.1 Å². The third-order valence-electron chi connectivity index (χ3n) is 5.62. The van der Waals surface area contributed by atoms with Crippen LogP contribution in [0.5, 0.6) is 0 Å². The molecule has 0 aromatic heterocycles. The summed E-state index contributed by atoms with van der Waals surface area (Å²) in [7, 11) is 0. The van der Waals surface area contributed by atoms with E-state index < -0.39 is 223 Å². The molecule has 0 saturated carbocycles. The van der Waals surface area contributed by atoms with Gasteiger partial charge in [-0.15, -0.1) is 0 Å². The van der Waals surface area contributed by atoms with Crippen LogP contribution in [0, 0.1) is 0 Å². The first-order valence-corrected chi connectivity index (χ1v) is 11.0. The maximum absolute atomic E-state index is 9.87. The Kier molecular flexibility index (Phi) is 2.01. The van der Waals surface area contributed by atoms with Crippen LogP contribution in [0.3, 0.4) is 0 Å². The van der Waals surface area contributed by atoms with Crippen molar-refractivity contribution in [3.8, 4) is 44.5 Å². The highest BCUT2D eigenvalue weighted by molar-refractivity contribution is 6.21. The Bertz CT molecular complexity index is 3250. The lowest BCUT2D eigenvalue weighted by Gasteiger charge is -2.19. The molecule has 0 aliphatic rings. The minimum absolute atomic E-state index is 0.711. The van der Waals surface area contributed by atoms with Crippen LogP contribution in [0.1, 0.15) is 35.6 Å². The van der Waals surface area contributed by atoms with E-state index in [-0.39, 0.29) is 0 Å². The monoisotopic (exact) mass is 508 g/mol. The van der Waals surface area contributed by atoms with Gasteiger partial charge in [-0.1, -0.05) is 145 Å². The van der Waals surface area contributed by atoms with Crippen LogP contribution < -0.4 is 0 Å². The molecule has 0 heterocycles. The molecule has 0 fully saturated rings. The quantitative estimate of drug-likeness (QED) is 0.207. The lowest BCUT2D eigenvalue weighted by Crippen LogP contribution is -1.91. The van der Waals surface area contributed by atoms with Crippen LogP contribution in [0.15, 0.2) is 157 Å². The van der Waals surface area contributed by atoms with Crippen LogP contribution >= 0.6 is 0 Å². The Morgan fingerprint density at radius 3 is 1.24 bits per heavy atom. The smallest absolute Gasteiger partial charge is 0.0622 e. The SMILES string of the molecule is [2H]c1c([2H])c([2H])c(-c2c([2H])c([2H])c([2H])c(-c3c([2H])c([2H])c4c(-c5c([2H])c([2H])c([2H])c([2H])c5[2H])c5c([2H])c([2H])c([2H])c([2H])c5c(-c5c([2H])c([2H])c([2H])c([2H])c5[2H])c4c3[2H])c2[2H])c([2H])c1[2H]. The van der Waals surface area contributed by atoms with Crippen molar-refractivity contribution in [1.29, 1.82) is 0 Å². The number of hydrogen-bond donors (Lipinski definition) is 0. The molecule has 0 N–H and O–H groups in total. The van der Waals surface area contributed by atoms with E-state index in [1.165, 1.54) is 0 Å². The summed E-state index contributed by atoms with van der Waals surface area (Å²) < 4.78 is 228. The van der Waals surface area contributed by atoms with Gasteiger partial charge in [-0.25, -0.2) is 0 Å². The van der Waals surface area contributed by atoms with Crippen LogP contribution in [0.4, 0.5) is 0 Å². The fraction of sp³-hybridized carbons (Fsp3) is 0. The zero-order valence-corrected chi connectivity index (χ0v) is 19.0. The third kappa shape index (κ3) is 3.88. The predicted molar refractivity (Wildman–Crippen MR) is 163 cm³/mol. The third-order valence-corrected chi connectivity index (χ3v) is 5.62. The molecule has 0 unspecified atom stereocenters. The topological polar surface area (TPSA) is 0 Å². The highest BCUT2D eigenvalue weighted by Gasteiger charge is 2.17. The summed E-state index contributed by atoms with van der Waals surface area (Å²) >= 11 is 0. The van der Waals surface area contributed by atoms with E-state index in [9.17, 15) is 6.85 Å². The number of benzene rings is 7. The average molecular weight is 509 g/mol. The van der Waals surface area contributed by atoms with Gasteiger partial charge in [0, 0.05) is 0 Å². The molecule has 0 bridgehead atoms. The van der Waals surface area contributed by atoms with Gasteiger partial charge >= 0.3 is 0 Å². The van der Waals surface area contributed by atoms with E-state index in [4.69, 9.17) is 28.8 Å². The summed E-state index contributed by atoms with van der Waals surface area (Å²) in [5, 5.41) is -3.03. The Hall–Kier alpha value is -4.94. The molecule has 0 spiro atoms. The van der Waals surface area contributed by atoms with Gasteiger partial charge in [0.15, 0.2) is 0 Å². The zero-order valence-electron chi connectivity index (χ0n) is 45.0. The van der Waals surface area contributed by atoms with E-state index in [1.807, 2.05) is 0 Å². The molecule has 178 valence electrons. The Labute approximate surface area is 260 Å². The van der Waals surface area contributed by atoms with E-state index in [0.717, 1.165) is 0 Å². The minimum atomic E-state index is -1.11. The lowest BCUT2D eigenvalue weighted by atomic mass is 9.85. The Morgan fingerprint density at radius 1 is 0.263 bits per heavy atom. The minimum Gasteiger partial charge on any atom is -0.0622 e. The van der Waals surface area contributed by atoms with Crippen molar-refractivity contribution in [2.75, 3.05) is 0 Å². The normalized spacial score (nSPS) is 20.7. The van der Waals surface area contributed by atoms with Crippen molar-refractivity contribution in [3.05, 3.63) is 157 Å². The first-order valence-electron chi connectivity index (χ1n) is 24.0. The molecule has 7 aromatic rings. The van der Waals surface area contributed by atoms with E-state index in [0.29, 0.717) is 0 Å². The second-order valence-electron chi connectivity index (χ2n) is 7.75. The van der Waals surface area contributed by atoms with Crippen molar-refractivity contribution in [1.82, 2.24) is 0 Å². The second-order valence-corrected chi connectivity index (χ2v) is 7.75. The van der Waals surface area contributed by atoms with Gasteiger partial charge in [0.25, 0.3) is 0 Å². The fourth-order valence-electron chi connectivity index (χ4n) is 4.06.